The van der Waals surface area contributed by atoms with Gasteiger partial charge in [-0.15, -0.1) is 0 Å². The molecule has 0 bridgehead atoms. The minimum atomic E-state index is -0.721. The van der Waals surface area contributed by atoms with E-state index < -0.39 is 11.4 Å². The summed E-state index contributed by atoms with van der Waals surface area (Å²) in [6, 6.07) is 8.08. The van der Waals surface area contributed by atoms with Gasteiger partial charge in [-0.3, -0.25) is 4.79 Å². The van der Waals surface area contributed by atoms with Crippen molar-refractivity contribution in [2.75, 3.05) is 0 Å². The first-order valence-corrected chi connectivity index (χ1v) is 6.17. The summed E-state index contributed by atoms with van der Waals surface area (Å²) in [6.45, 7) is 0. The smallest absolute Gasteiger partial charge is 0.310 e. The third-order valence-corrected chi connectivity index (χ3v) is 3.75. The Hall–Kier alpha value is -1.28. The van der Waals surface area contributed by atoms with Crippen LogP contribution in [0.4, 0.5) is 0 Å². The SMILES string of the molecule is O=C(O)C1(C/C=C/Cl)CCc2ccccc2C1. The van der Waals surface area contributed by atoms with Crippen LogP contribution in [-0.4, -0.2) is 11.1 Å². The topological polar surface area (TPSA) is 37.3 Å². The van der Waals surface area contributed by atoms with Crippen LogP contribution in [0.25, 0.3) is 0 Å². The number of aryl methyl sites for hydroxylation is 1. The molecule has 1 N–H and O–H groups in total. The fourth-order valence-corrected chi connectivity index (χ4v) is 2.60. The molecule has 0 amide bonds. The van der Waals surface area contributed by atoms with Crippen LogP contribution in [0.3, 0.4) is 0 Å². The molecule has 1 aliphatic carbocycles. The average molecular weight is 251 g/mol. The molecule has 1 unspecified atom stereocenters. The third kappa shape index (κ3) is 2.37. The predicted octanol–water partition coefficient (Wildman–Crippen LogP) is 3.39. The van der Waals surface area contributed by atoms with Gasteiger partial charge in [-0.1, -0.05) is 41.9 Å². The molecule has 1 aliphatic rings. The molecule has 0 saturated carbocycles. The predicted molar refractivity (Wildman–Crippen MR) is 68.1 cm³/mol. The molecular formula is C14H15ClO2. The van der Waals surface area contributed by atoms with Crippen molar-refractivity contribution in [3.8, 4) is 0 Å². The summed E-state index contributed by atoms with van der Waals surface area (Å²) in [6.07, 6.45) is 4.35. The zero-order valence-corrected chi connectivity index (χ0v) is 10.3. The van der Waals surface area contributed by atoms with Gasteiger partial charge in [0.15, 0.2) is 0 Å². The number of rotatable bonds is 3. The molecule has 0 fully saturated rings. The van der Waals surface area contributed by atoms with Crippen molar-refractivity contribution < 1.29 is 9.90 Å². The number of carboxylic acid groups (broad SMARTS) is 1. The molecule has 17 heavy (non-hydrogen) atoms. The molecule has 0 spiro atoms. The van der Waals surface area contributed by atoms with Crippen molar-refractivity contribution in [2.45, 2.75) is 25.7 Å². The largest absolute Gasteiger partial charge is 0.481 e. The van der Waals surface area contributed by atoms with E-state index in [-0.39, 0.29) is 0 Å². The van der Waals surface area contributed by atoms with Gasteiger partial charge in [0.25, 0.3) is 0 Å². The second-order valence-electron chi connectivity index (χ2n) is 4.60. The van der Waals surface area contributed by atoms with Gasteiger partial charge in [0.1, 0.15) is 0 Å². The Morgan fingerprint density at radius 3 is 2.76 bits per heavy atom. The summed E-state index contributed by atoms with van der Waals surface area (Å²) < 4.78 is 0. The number of aliphatic carboxylic acids is 1. The molecule has 3 heteroatoms. The monoisotopic (exact) mass is 250 g/mol. The third-order valence-electron chi connectivity index (χ3n) is 3.57. The first-order chi connectivity index (χ1) is 8.18. The van der Waals surface area contributed by atoms with Crippen LogP contribution >= 0.6 is 11.6 Å². The van der Waals surface area contributed by atoms with E-state index in [1.165, 1.54) is 11.1 Å². The van der Waals surface area contributed by atoms with Gasteiger partial charge in [-0.05, 0) is 36.8 Å². The molecule has 2 nitrogen and oxygen atoms in total. The summed E-state index contributed by atoms with van der Waals surface area (Å²) in [5.41, 5.74) is 3.16. The van der Waals surface area contributed by atoms with Gasteiger partial charge < -0.3 is 5.11 Å². The molecule has 0 aromatic heterocycles. The Balaban J connectivity index is 2.30. The molecule has 1 aromatic carbocycles. The molecule has 1 atom stereocenters. The molecule has 1 aromatic rings. The van der Waals surface area contributed by atoms with E-state index in [1.807, 2.05) is 18.2 Å². The summed E-state index contributed by atoms with van der Waals surface area (Å²) in [5.74, 6) is -0.721. The molecule has 0 radical (unpaired) electrons. The molecular weight excluding hydrogens is 236 g/mol. The highest BCUT2D eigenvalue weighted by molar-refractivity contribution is 6.25. The van der Waals surface area contributed by atoms with Crippen LogP contribution < -0.4 is 0 Å². The highest BCUT2D eigenvalue weighted by Gasteiger charge is 2.40. The number of hydrogen-bond donors (Lipinski definition) is 1. The standard InChI is InChI=1S/C14H15ClO2/c15-9-3-7-14(13(16)17)8-6-11-4-1-2-5-12(11)10-14/h1-5,9H,6-8,10H2,(H,16,17)/b9-3+. The van der Waals surface area contributed by atoms with Crippen LogP contribution in [0.2, 0.25) is 0 Å². The zero-order chi connectivity index (χ0) is 12.3. The van der Waals surface area contributed by atoms with Gasteiger partial charge in [0.2, 0.25) is 0 Å². The summed E-state index contributed by atoms with van der Waals surface area (Å²) in [5, 5.41) is 9.46. The second-order valence-corrected chi connectivity index (χ2v) is 4.85. The first-order valence-electron chi connectivity index (χ1n) is 5.73. The van der Waals surface area contributed by atoms with Crippen molar-refractivity contribution in [2.24, 2.45) is 5.41 Å². The zero-order valence-electron chi connectivity index (χ0n) is 9.53. The molecule has 0 heterocycles. The Morgan fingerprint density at radius 1 is 1.41 bits per heavy atom. The number of allylic oxidation sites excluding steroid dienone is 1. The van der Waals surface area contributed by atoms with Crippen molar-refractivity contribution in [1.82, 2.24) is 0 Å². The molecule has 0 saturated heterocycles. The molecule has 0 aliphatic heterocycles. The summed E-state index contributed by atoms with van der Waals surface area (Å²) in [7, 11) is 0. The number of carbonyl (C=O) groups is 1. The van der Waals surface area contributed by atoms with Gasteiger partial charge in [-0.2, -0.15) is 0 Å². The quantitative estimate of drug-likeness (QED) is 0.893. The van der Waals surface area contributed by atoms with Crippen molar-refractivity contribution in [1.29, 1.82) is 0 Å². The summed E-state index contributed by atoms with van der Waals surface area (Å²) in [4.78, 5) is 11.5. The maximum atomic E-state index is 11.5. The molecule has 90 valence electrons. The minimum absolute atomic E-state index is 0.500. The van der Waals surface area contributed by atoms with Crippen LogP contribution in [0.5, 0.6) is 0 Å². The van der Waals surface area contributed by atoms with Gasteiger partial charge in [0, 0.05) is 5.54 Å². The fraction of sp³-hybridized carbons (Fsp3) is 0.357. The van der Waals surface area contributed by atoms with Crippen LogP contribution in [0, 0.1) is 5.41 Å². The van der Waals surface area contributed by atoms with Crippen LogP contribution in [0.1, 0.15) is 24.0 Å². The maximum absolute atomic E-state index is 11.5. The second kappa shape index (κ2) is 4.92. The van der Waals surface area contributed by atoms with E-state index in [0.717, 1.165) is 12.0 Å². The lowest BCUT2D eigenvalue weighted by atomic mass is 9.69. The van der Waals surface area contributed by atoms with Gasteiger partial charge in [-0.25, -0.2) is 0 Å². The van der Waals surface area contributed by atoms with E-state index >= 15 is 0 Å². The lowest BCUT2D eigenvalue weighted by molar-refractivity contribution is -0.149. The number of carboxylic acids is 1. The number of hydrogen-bond acceptors (Lipinski definition) is 1. The molecule has 2 rings (SSSR count). The van der Waals surface area contributed by atoms with Crippen LogP contribution in [-0.2, 0) is 17.6 Å². The Bertz CT molecular complexity index is 453. The van der Waals surface area contributed by atoms with E-state index in [0.29, 0.717) is 19.3 Å². The number of benzene rings is 1. The Morgan fingerprint density at radius 2 is 2.12 bits per heavy atom. The Kier molecular flexibility index (Phi) is 3.53. The lowest BCUT2D eigenvalue weighted by Gasteiger charge is -2.33. The number of fused-ring (bicyclic) bond motifs is 1. The van der Waals surface area contributed by atoms with E-state index in [1.54, 1.807) is 6.08 Å². The first kappa shape index (κ1) is 12.2. The van der Waals surface area contributed by atoms with E-state index in [2.05, 4.69) is 6.07 Å². The minimum Gasteiger partial charge on any atom is -0.481 e. The van der Waals surface area contributed by atoms with E-state index in [9.17, 15) is 9.90 Å². The van der Waals surface area contributed by atoms with Crippen molar-refractivity contribution in [3.05, 3.63) is 47.0 Å². The Labute approximate surface area is 106 Å². The normalized spacial score (nSPS) is 23.6. The fourth-order valence-electron chi connectivity index (χ4n) is 2.51. The highest BCUT2D eigenvalue weighted by atomic mass is 35.5. The van der Waals surface area contributed by atoms with Crippen LogP contribution in [0.15, 0.2) is 35.9 Å². The lowest BCUT2D eigenvalue weighted by Crippen LogP contribution is -2.36. The number of halogens is 1. The summed E-state index contributed by atoms with van der Waals surface area (Å²) >= 11 is 5.51. The van der Waals surface area contributed by atoms with Crippen molar-refractivity contribution >= 4 is 17.6 Å². The van der Waals surface area contributed by atoms with Gasteiger partial charge >= 0.3 is 5.97 Å². The van der Waals surface area contributed by atoms with E-state index in [4.69, 9.17) is 11.6 Å². The van der Waals surface area contributed by atoms with Crippen molar-refractivity contribution in [3.63, 3.8) is 0 Å². The highest BCUT2D eigenvalue weighted by Crippen LogP contribution is 2.39. The maximum Gasteiger partial charge on any atom is 0.310 e. The average Bonchev–Trinajstić information content (AvgIpc) is 2.36. The van der Waals surface area contributed by atoms with Gasteiger partial charge in [0.05, 0.1) is 5.41 Å².